The number of allylic oxidation sites excluding steroid dienone is 4. The predicted octanol–water partition coefficient (Wildman–Crippen LogP) is -0.673. The van der Waals surface area contributed by atoms with Gasteiger partial charge in [-0.25, -0.2) is 0 Å². The fourth-order valence-electron chi connectivity index (χ4n) is 3.05. The summed E-state index contributed by atoms with van der Waals surface area (Å²) in [6.07, 6.45) is 8.08. The van der Waals surface area contributed by atoms with Crippen molar-refractivity contribution >= 4 is 0 Å². The quantitative estimate of drug-likeness (QED) is 0.618. The number of halogens is 2. The van der Waals surface area contributed by atoms with Gasteiger partial charge in [0.1, 0.15) is 0 Å². The molecule has 0 saturated carbocycles. The molecule has 4 rings (SSSR count). The average Bonchev–Trinajstić information content (AvgIpc) is 3.08. The first-order valence-corrected chi connectivity index (χ1v) is 9.39. The van der Waals surface area contributed by atoms with E-state index in [1.807, 2.05) is 0 Å². The van der Waals surface area contributed by atoms with Gasteiger partial charge < -0.3 is 24.8 Å². The van der Waals surface area contributed by atoms with Crippen LogP contribution in [0, 0.1) is 0 Å². The zero-order chi connectivity index (χ0) is 12.7. The molecule has 0 unspecified atom stereocenters. The Labute approximate surface area is 157 Å². The van der Waals surface area contributed by atoms with E-state index in [4.69, 9.17) is 0 Å². The van der Waals surface area contributed by atoms with Gasteiger partial charge >= 0.3 is 126 Å². The molecule has 2 aromatic carbocycles. The standard InChI is InChI=1S/C13H9.C5H5.CH4.2ClH.Zr/c1-3-7-12-10(5-1)9-11-6-2-4-8-13(11)12;1-2-4-5-3-1;;;;/h1-9H;1-3H,4H2;1H4;2*1H;/q;;;;;+2/p-2. The van der Waals surface area contributed by atoms with Crippen LogP contribution in [0.25, 0.3) is 11.1 Å². The summed E-state index contributed by atoms with van der Waals surface area (Å²) in [6.45, 7) is 0. The van der Waals surface area contributed by atoms with Gasteiger partial charge in [0.05, 0.1) is 0 Å². The third-order valence-corrected chi connectivity index (χ3v) is 8.00. The van der Waals surface area contributed by atoms with Crippen molar-refractivity contribution < 1.29 is 48.0 Å². The minimum Gasteiger partial charge on any atom is -1.00 e. The Bertz CT molecular complexity index is 659. The molecule has 0 aliphatic heterocycles. The smallest absolute Gasteiger partial charge is 1.00 e. The van der Waals surface area contributed by atoms with Crippen LogP contribution in [-0.2, 0) is 23.2 Å². The van der Waals surface area contributed by atoms with Gasteiger partial charge in [0.2, 0.25) is 0 Å². The number of benzene rings is 2. The maximum atomic E-state index is 2.36. The van der Waals surface area contributed by atoms with Crippen LogP contribution in [0.15, 0.2) is 70.0 Å². The average molecular weight is 408 g/mol. The van der Waals surface area contributed by atoms with Crippen LogP contribution in [0.5, 0.6) is 0 Å². The zero-order valence-electron chi connectivity index (χ0n) is 11.4. The SMILES string of the molecule is C.C1=CC[C]([Zr+2][CH]2c3ccccc3-c3ccccc32)=C1.[Cl-].[Cl-]. The summed E-state index contributed by atoms with van der Waals surface area (Å²) >= 11 is -0.570. The first-order valence-electron chi connectivity index (χ1n) is 6.74. The van der Waals surface area contributed by atoms with Crippen molar-refractivity contribution in [1.82, 2.24) is 0 Å². The van der Waals surface area contributed by atoms with E-state index >= 15 is 0 Å². The molecule has 0 amide bonds. The minimum absolute atomic E-state index is 0. The Balaban J connectivity index is 0.000000807. The van der Waals surface area contributed by atoms with Crippen molar-refractivity contribution in [2.24, 2.45) is 0 Å². The molecule has 0 heterocycles. The summed E-state index contributed by atoms with van der Waals surface area (Å²) in [4.78, 5) is 0. The van der Waals surface area contributed by atoms with E-state index in [-0.39, 0.29) is 32.2 Å². The number of hydrogen-bond donors (Lipinski definition) is 0. The molecule has 0 atom stereocenters. The Morgan fingerprint density at radius 3 is 1.86 bits per heavy atom. The first kappa shape index (κ1) is 19.4. The second kappa shape index (κ2) is 8.30. The van der Waals surface area contributed by atoms with Gasteiger partial charge in [-0.05, 0) is 0 Å². The van der Waals surface area contributed by atoms with Crippen molar-refractivity contribution in [2.75, 3.05) is 0 Å². The van der Waals surface area contributed by atoms with Crippen molar-refractivity contribution in [3.63, 3.8) is 0 Å². The molecule has 2 aliphatic rings. The largest absolute Gasteiger partial charge is 1.00 e. The molecule has 0 N–H and O–H groups in total. The fourth-order valence-corrected chi connectivity index (χ4v) is 7.02. The Kier molecular flexibility index (Phi) is 7.33. The summed E-state index contributed by atoms with van der Waals surface area (Å²) in [6, 6.07) is 18.0. The maximum Gasteiger partial charge on any atom is -1.00 e. The van der Waals surface area contributed by atoms with Crippen molar-refractivity contribution in [1.29, 1.82) is 0 Å². The Hall–Kier alpha value is -0.617. The van der Waals surface area contributed by atoms with Crippen molar-refractivity contribution in [3.05, 3.63) is 81.2 Å². The third kappa shape index (κ3) is 3.33. The van der Waals surface area contributed by atoms with Crippen molar-refractivity contribution in [2.45, 2.75) is 17.5 Å². The third-order valence-electron chi connectivity index (χ3n) is 3.93. The molecule has 0 aromatic heterocycles. The molecule has 0 nitrogen and oxygen atoms in total. The summed E-state index contributed by atoms with van der Waals surface area (Å²) in [7, 11) is 0. The van der Waals surface area contributed by atoms with Gasteiger partial charge in [0, 0.05) is 0 Å². The molecule has 112 valence electrons. The first-order chi connectivity index (χ1) is 9.43. The van der Waals surface area contributed by atoms with Gasteiger partial charge in [0.15, 0.2) is 0 Å². The van der Waals surface area contributed by atoms with Crippen LogP contribution in [0.4, 0.5) is 0 Å². The number of rotatable bonds is 2. The molecular weight excluding hydrogens is 390 g/mol. The molecule has 0 radical (unpaired) electrons. The van der Waals surface area contributed by atoms with Crippen LogP contribution in [0.2, 0.25) is 0 Å². The van der Waals surface area contributed by atoms with Gasteiger partial charge in [-0.3, -0.25) is 0 Å². The van der Waals surface area contributed by atoms with Gasteiger partial charge in [-0.1, -0.05) is 7.43 Å². The second-order valence-electron chi connectivity index (χ2n) is 5.08. The molecule has 0 spiro atoms. The summed E-state index contributed by atoms with van der Waals surface area (Å²) in [5.74, 6) is 0. The van der Waals surface area contributed by atoms with Crippen molar-refractivity contribution in [3.8, 4) is 11.1 Å². The van der Waals surface area contributed by atoms with E-state index in [1.54, 1.807) is 14.4 Å². The molecule has 0 fully saturated rings. The van der Waals surface area contributed by atoms with Gasteiger partial charge in [-0.15, -0.1) is 0 Å². The van der Waals surface area contributed by atoms with Crippen LogP contribution < -0.4 is 24.8 Å². The van der Waals surface area contributed by atoms with Crippen LogP contribution in [0.3, 0.4) is 0 Å². The van der Waals surface area contributed by atoms with E-state index < -0.39 is 23.2 Å². The summed E-state index contributed by atoms with van der Waals surface area (Å²) in [5.41, 5.74) is 6.08. The van der Waals surface area contributed by atoms with Gasteiger partial charge in [-0.2, -0.15) is 0 Å². The normalized spacial score (nSPS) is 13.7. The maximum absolute atomic E-state index is 2.36. The van der Waals surface area contributed by atoms with Crippen LogP contribution >= 0.6 is 0 Å². The van der Waals surface area contributed by atoms with E-state index in [1.165, 1.54) is 17.5 Å². The zero-order valence-corrected chi connectivity index (χ0v) is 15.4. The monoisotopic (exact) mass is 406 g/mol. The fraction of sp³-hybridized carbons (Fsp3) is 0.158. The second-order valence-corrected chi connectivity index (χ2v) is 8.78. The van der Waals surface area contributed by atoms with E-state index in [0.29, 0.717) is 3.63 Å². The van der Waals surface area contributed by atoms with E-state index in [9.17, 15) is 0 Å². The predicted molar refractivity (Wildman–Crippen MR) is 82.3 cm³/mol. The summed E-state index contributed by atoms with van der Waals surface area (Å²) < 4.78 is 2.43. The van der Waals surface area contributed by atoms with Gasteiger partial charge in [0.25, 0.3) is 0 Å². The molecule has 22 heavy (non-hydrogen) atoms. The number of fused-ring (bicyclic) bond motifs is 3. The topological polar surface area (TPSA) is 0 Å². The molecular formula is C19H18Cl2Zr. The Morgan fingerprint density at radius 2 is 1.36 bits per heavy atom. The molecule has 2 aliphatic carbocycles. The van der Waals surface area contributed by atoms with E-state index in [0.717, 1.165) is 0 Å². The van der Waals surface area contributed by atoms with Crippen LogP contribution in [0.1, 0.15) is 28.6 Å². The number of hydrogen-bond acceptors (Lipinski definition) is 0. The molecule has 0 saturated heterocycles. The molecule has 3 heteroatoms. The molecule has 2 aromatic rings. The minimum atomic E-state index is -0.570. The Morgan fingerprint density at radius 1 is 0.818 bits per heavy atom. The van der Waals surface area contributed by atoms with Crippen LogP contribution in [-0.4, -0.2) is 0 Å². The summed E-state index contributed by atoms with van der Waals surface area (Å²) in [5, 5.41) is 0. The van der Waals surface area contributed by atoms with E-state index in [2.05, 4.69) is 66.8 Å². The molecule has 0 bridgehead atoms.